The molecule has 1 aromatic rings. The van der Waals surface area contributed by atoms with Gasteiger partial charge in [0.25, 0.3) is 0 Å². The third-order valence-electron chi connectivity index (χ3n) is 2.89. The Morgan fingerprint density at radius 2 is 2.24 bits per heavy atom. The van der Waals surface area contributed by atoms with E-state index in [4.69, 9.17) is 4.74 Å². The van der Waals surface area contributed by atoms with Crippen LogP contribution >= 0.6 is 15.9 Å². The molecule has 1 heterocycles. The number of nitrogens with one attached hydrogen (secondary N) is 1. The van der Waals surface area contributed by atoms with E-state index in [-0.39, 0.29) is 17.3 Å². The second kappa shape index (κ2) is 4.29. The average Bonchev–Trinajstić information content (AvgIpc) is 2.26. The molecular formula is C12H13BrFNO2. The van der Waals surface area contributed by atoms with Crippen LogP contribution in [-0.2, 0) is 4.74 Å². The molecule has 0 radical (unpaired) electrons. The molecule has 2 rings (SSSR count). The van der Waals surface area contributed by atoms with Crippen molar-refractivity contribution in [2.45, 2.75) is 19.9 Å². The molecule has 1 saturated heterocycles. The predicted octanol–water partition coefficient (Wildman–Crippen LogP) is 3.40. The van der Waals surface area contributed by atoms with Gasteiger partial charge in [0.2, 0.25) is 0 Å². The first kappa shape index (κ1) is 12.4. The minimum atomic E-state index is -0.467. The van der Waals surface area contributed by atoms with Crippen LogP contribution in [0.4, 0.5) is 9.18 Å². The lowest BCUT2D eigenvalue weighted by Crippen LogP contribution is -2.47. The van der Waals surface area contributed by atoms with Crippen LogP contribution in [0.3, 0.4) is 0 Å². The Morgan fingerprint density at radius 1 is 1.53 bits per heavy atom. The lowest BCUT2D eigenvalue weighted by molar-refractivity contribution is 0.0384. The third-order valence-corrected chi connectivity index (χ3v) is 3.61. The number of carbonyl (C=O) groups is 1. The van der Waals surface area contributed by atoms with Crippen LogP contribution < -0.4 is 5.32 Å². The maximum absolute atomic E-state index is 13.3. The molecule has 3 nitrogen and oxygen atoms in total. The highest BCUT2D eigenvalue weighted by molar-refractivity contribution is 9.10. The molecule has 0 aliphatic carbocycles. The number of cyclic esters (lactones) is 1. The third kappa shape index (κ3) is 2.44. The Kier molecular flexibility index (Phi) is 3.12. The molecule has 0 spiro atoms. The topological polar surface area (TPSA) is 38.3 Å². The Bertz CT molecular complexity index is 462. The van der Waals surface area contributed by atoms with E-state index in [0.29, 0.717) is 6.61 Å². The normalized spacial score (nSPS) is 22.8. The van der Waals surface area contributed by atoms with Gasteiger partial charge in [-0.25, -0.2) is 9.18 Å². The molecule has 92 valence electrons. The SMILES string of the molecule is CC1(C)COC(=O)N[C@@H]1c1cc(F)ccc1Br. The van der Waals surface area contributed by atoms with Gasteiger partial charge < -0.3 is 10.1 Å². The highest BCUT2D eigenvalue weighted by Gasteiger charge is 2.38. The van der Waals surface area contributed by atoms with Gasteiger partial charge in [-0.2, -0.15) is 0 Å². The fourth-order valence-corrected chi connectivity index (χ4v) is 2.40. The van der Waals surface area contributed by atoms with E-state index in [2.05, 4.69) is 21.2 Å². The summed E-state index contributed by atoms with van der Waals surface area (Å²) in [5.74, 6) is -0.320. The Morgan fingerprint density at radius 3 is 2.94 bits per heavy atom. The van der Waals surface area contributed by atoms with Crippen molar-refractivity contribution in [3.8, 4) is 0 Å². The molecule has 5 heteroatoms. The van der Waals surface area contributed by atoms with Gasteiger partial charge >= 0.3 is 6.09 Å². The summed E-state index contributed by atoms with van der Waals surface area (Å²) in [6.45, 7) is 4.25. The van der Waals surface area contributed by atoms with Gasteiger partial charge in [-0.1, -0.05) is 29.8 Å². The fraction of sp³-hybridized carbons (Fsp3) is 0.417. The summed E-state index contributed by atoms with van der Waals surface area (Å²) >= 11 is 3.38. The van der Waals surface area contributed by atoms with Crippen molar-refractivity contribution in [2.24, 2.45) is 5.41 Å². The van der Waals surface area contributed by atoms with Crippen LogP contribution in [0.5, 0.6) is 0 Å². The number of halogens is 2. The van der Waals surface area contributed by atoms with E-state index in [1.165, 1.54) is 12.1 Å². The van der Waals surface area contributed by atoms with Crippen molar-refractivity contribution in [3.63, 3.8) is 0 Å². The number of ether oxygens (including phenoxy) is 1. The molecule has 1 N–H and O–H groups in total. The minimum Gasteiger partial charge on any atom is -0.449 e. The van der Waals surface area contributed by atoms with Crippen molar-refractivity contribution in [3.05, 3.63) is 34.1 Å². The first-order valence-corrected chi connectivity index (χ1v) is 6.08. The van der Waals surface area contributed by atoms with Gasteiger partial charge in [0.1, 0.15) is 12.4 Å². The summed E-state index contributed by atoms with van der Waals surface area (Å²) in [6.07, 6.45) is -0.467. The number of hydrogen-bond donors (Lipinski definition) is 1. The first-order valence-electron chi connectivity index (χ1n) is 5.28. The van der Waals surface area contributed by atoms with Crippen LogP contribution in [0.25, 0.3) is 0 Å². The molecule has 0 saturated carbocycles. The summed E-state index contributed by atoms with van der Waals surface area (Å²) in [4.78, 5) is 11.3. The standard InChI is InChI=1S/C12H13BrFNO2/c1-12(2)6-17-11(16)15-10(12)8-5-7(14)3-4-9(8)13/h3-5,10H,6H2,1-2H3,(H,15,16)/t10-/m1/s1. The summed E-state index contributed by atoms with van der Waals surface area (Å²) < 4.78 is 19.0. The molecule has 1 aromatic carbocycles. The minimum absolute atomic E-state index is 0.270. The quantitative estimate of drug-likeness (QED) is 0.863. The molecule has 1 aliphatic rings. The lowest BCUT2D eigenvalue weighted by Gasteiger charge is -2.38. The Hall–Kier alpha value is -1.10. The maximum atomic E-state index is 13.3. The zero-order chi connectivity index (χ0) is 12.6. The van der Waals surface area contributed by atoms with Gasteiger partial charge in [-0.3, -0.25) is 0 Å². The monoisotopic (exact) mass is 301 g/mol. The zero-order valence-electron chi connectivity index (χ0n) is 9.59. The van der Waals surface area contributed by atoms with E-state index >= 15 is 0 Å². The van der Waals surface area contributed by atoms with Crippen molar-refractivity contribution >= 4 is 22.0 Å². The van der Waals surface area contributed by atoms with Crippen molar-refractivity contribution in [1.29, 1.82) is 0 Å². The van der Waals surface area contributed by atoms with E-state index in [0.717, 1.165) is 10.0 Å². The van der Waals surface area contributed by atoms with Crippen molar-refractivity contribution in [2.75, 3.05) is 6.61 Å². The summed E-state index contributed by atoms with van der Waals surface area (Å²) in [6, 6.07) is 4.18. The molecule has 1 atom stereocenters. The van der Waals surface area contributed by atoms with Gasteiger partial charge in [-0.05, 0) is 23.8 Å². The van der Waals surface area contributed by atoms with E-state index in [1.807, 2.05) is 13.8 Å². The molecular weight excluding hydrogens is 289 g/mol. The van der Waals surface area contributed by atoms with Crippen LogP contribution in [0.15, 0.2) is 22.7 Å². The first-order chi connectivity index (χ1) is 7.90. The van der Waals surface area contributed by atoms with Gasteiger partial charge in [0.15, 0.2) is 0 Å². The van der Waals surface area contributed by atoms with Gasteiger partial charge in [0, 0.05) is 9.89 Å². The number of benzene rings is 1. The van der Waals surface area contributed by atoms with Crippen molar-refractivity contribution in [1.82, 2.24) is 5.32 Å². The van der Waals surface area contributed by atoms with E-state index in [1.54, 1.807) is 6.07 Å². The van der Waals surface area contributed by atoms with Crippen LogP contribution in [0.2, 0.25) is 0 Å². The molecule has 0 bridgehead atoms. The average molecular weight is 302 g/mol. The second-order valence-corrected chi connectivity index (χ2v) is 5.66. The van der Waals surface area contributed by atoms with Crippen LogP contribution in [-0.4, -0.2) is 12.7 Å². The summed E-state index contributed by atoms with van der Waals surface area (Å²) in [7, 11) is 0. The number of alkyl carbamates (subject to hydrolysis) is 1. The Labute approximate surface area is 107 Å². The van der Waals surface area contributed by atoms with E-state index in [9.17, 15) is 9.18 Å². The van der Waals surface area contributed by atoms with E-state index < -0.39 is 6.09 Å². The number of amides is 1. The molecule has 0 unspecified atom stereocenters. The van der Waals surface area contributed by atoms with Gasteiger partial charge in [0.05, 0.1) is 6.04 Å². The zero-order valence-corrected chi connectivity index (χ0v) is 11.2. The van der Waals surface area contributed by atoms with Crippen molar-refractivity contribution < 1.29 is 13.9 Å². The van der Waals surface area contributed by atoms with Gasteiger partial charge in [-0.15, -0.1) is 0 Å². The summed E-state index contributed by atoms with van der Waals surface area (Å²) in [5, 5.41) is 2.73. The number of hydrogen-bond acceptors (Lipinski definition) is 2. The highest BCUT2D eigenvalue weighted by Crippen LogP contribution is 2.39. The number of carbonyl (C=O) groups excluding carboxylic acids is 1. The second-order valence-electron chi connectivity index (χ2n) is 4.81. The van der Waals surface area contributed by atoms with Crippen LogP contribution in [0.1, 0.15) is 25.5 Å². The number of rotatable bonds is 1. The summed E-state index contributed by atoms with van der Waals surface area (Å²) in [5.41, 5.74) is 0.441. The molecule has 0 aromatic heterocycles. The molecule has 17 heavy (non-hydrogen) atoms. The smallest absolute Gasteiger partial charge is 0.407 e. The maximum Gasteiger partial charge on any atom is 0.407 e. The molecule has 1 aliphatic heterocycles. The Balaban J connectivity index is 2.42. The van der Waals surface area contributed by atoms with Crippen LogP contribution in [0, 0.1) is 11.2 Å². The lowest BCUT2D eigenvalue weighted by atomic mass is 9.80. The largest absolute Gasteiger partial charge is 0.449 e. The molecule has 1 fully saturated rings. The fourth-order valence-electron chi connectivity index (χ4n) is 1.92. The molecule has 1 amide bonds. The highest BCUT2D eigenvalue weighted by atomic mass is 79.9. The predicted molar refractivity (Wildman–Crippen MR) is 65.1 cm³/mol.